The van der Waals surface area contributed by atoms with Gasteiger partial charge in [-0.15, -0.1) is 0 Å². The second kappa shape index (κ2) is 13.5. The maximum atomic E-state index is 11.4. The molecule has 0 aliphatic carbocycles. The zero-order valence-electron chi connectivity index (χ0n) is 11.9. The van der Waals surface area contributed by atoms with Crippen molar-refractivity contribution in [1.29, 1.82) is 0 Å². The molecule has 0 atom stereocenters. The summed E-state index contributed by atoms with van der Waals surface area (Å²) in [5.41, 5.74) is 0. The van der Waals surface area contributed by atoms with Gasteiger partial charge in [0, 0.05) is 24.3 Å². The van der Waals surface area contributed by atoms with Gasteiger partial charge in [0.05, 0.1) is 18.6 Å². The molecule has 0 aromatic carbocycles. The molecule has 0 unspecified atom stereocenters. The molecule has 0 N–H and O–H groups in total. The van der Waals surface area contributed by atoms with Crippen LogP contribution >= 0.6 is 45.1 Å². The number of hydrogen-bond donors (Lipinski definition) is 0. The zero-order chi connectivity index (χ0) is 16.1. The predicted molar refractivity (Wildman–Crippen MR) is 91.8 cm³/mol. The molecular weight excluding hydrogens is 352 g/mol. The van der Waals surface area contributed by atoms with Crippen LogP contribution in [0.2, 0.25) is 0 Å². The molecule has 0 aromatic rings. The van der Waals surface area contributed by atoms with Crippen LogP contribution in [0, 0.1) is 0 Å². The summed E-state index contributed by atoms with van der Waals surface area (Å²) >= 11 is 2.01. The van der Waals surface area contributed by atoms with Crippen molar-refractivity contribution in [1.82, 2.24) is 0 Å². The molecule has 120 valence electrons. The fourth-order valence-corrected chi connectivity index (χ4v) is 4.39. The van der Waals surface area contributed by atoms with Crippen molar-refractivity contribution in [3.63, 3.8) is 0 Å². The van der Waals surface area contributed by atoms with Crippen LogP contribution in [0.3, 0.4) is 0 Å². The van der Waals surface area contributed by atoms with Crippen molar-refractivity contribution < 1.29 is 23.9 Å². The Morgan fingerprint density at radius 3 is 1.76 bits per heavy atom. The Hall–Kier alpha value is -0.120. The van der Waals surface area contributed by atoms with E-state index < -0.39 is 5.97 Å². The van der Waals surface area contributed by atoms with Gasteiger partial charge in [-0.05, 0) is 6.92 Å². The Bertz CT molecular complexity index is 373. The molecule has 21 heavy (non-hydrogen) atoms. The van der Waals surface area contributed by atoms with E-state index >= 15 is 0 Å². The minimum absolute atomic E-state index is 0.00153. The number of Topliss-reactive ketones (excluding diaryl/α,β-unsaturated/α-hetero) is 1. The van der Waals surface area contributed by atoms with Crippen molar-refractivity contribution >= 4 is 67.1 Å². The number of thioether (sulfide) groups is 2. The second-order valence-corrected chi connectivity index (χ2v) is 8.51. The Morgan fingerprint density at radius 1 is 0.857 bits per heavy atom. The molecule has 0 spiro atoms. The van der Waals surface area contributed by atoms with Crippen molar-refractivity contribution in [2.45, 2.75) is 19.8 Å². The summed E-state index contributed by atoms with van der Waals surface area (Å²) in [6.07, 6.45) is 0.799. The van der Waals surface area contributed by atoms with Crippen LogP contribution in [-0.2, 0) is 23.9 Å². The molecule has 9 heteroatoms. The highest BCUT2D eigenvalue weighted by molar-refractivity contribution is 8.76. The normalized spacial score (nSPS) is 10.2. The summed E-state index contributed by atoms with van der Waals surface area (Å²) < 4.78 is 4.44. The largest absolute Gasteiger partial charge is 0.468 e. The van der Waals surface area contributed by atoms with Gasteiger partial charge in [-0.3, -0.25) is 19.2 Å². The van der Waals surface area contributed by atoms with Gasteiger partial charge in [0.25, 0.3) is 0 Å². The average molecular weight is 371 g/mol. The van der Waals surface area contributed by atoms with Gasteiger partial charge in [0.1, 0.15) is 5.78 Å². The van der Waals surface area contributed by atoms with Gasteiger partial charge in [-0.2, -0.15) is 0 Å². The summed E-state index contributed by atoms with van der Waals surface area (Å²) in [5, 5.41) is -0.0235. The minimum Gasteiger partial charge on any atom is -0.468 e. The first-order valence-corrected chi connectivity index (χ1v) is 10.5. The van der Waals surface area contributed by atoms with E-state index in [1.54, 1.807) is 0 Å². The van der Waals surface area contributed by atoms with E-state index in [0.717, 1.165) is 23.5 Å². The van der Waals surface area contributed by atoms with E-state index in [-0.39, 0.29) is 27.5 Å². The number of rotatable bonds is 11. The Morgan fingerprint density at radius 2 is 1.33 bits per heavy atom. The number of esters is 1. The van der Waals surface area contributed by atoms with E-state index in [1.165, 1.54) is 35.6 Å². The van der Waals surface area contributed by atoms with Crippen molar-refractivity contribution in [2.24, 2.45) is 0 Å². The summed E-state index contributed by atoms with van der Waals surface area (Å²) in [5.74, 6) is 1.19. The molecule has 0 saturated carbocycles. The maximum absolute atomic E-state index is 11.4. The van der Waals surface area contributed by atoms with E-state index in [4.69, 9.17) is 0 Å². The SMILES string of the molecule is COC(=O)CSC(=O)CCSSCCC(=O)SCC(C)=O. The first-order valence-electron chi connectivity index (χ1n) is 6.07. The summed E-state index contributed by atoms with van der Waals surface area (Å²) in [6.45, 7) is 1.46. The number of methoxy groups -OCH3 is 1. The van der Waals surface area contributed by atoms with Gasteiger partial charge in [-0.1, -0.05) is 45.1 Å². The van der Waals surface area contributed by atoms with Crippen LogP contribution in [0.4, 0.5) is 0 Å². The summed E-state index contributed by atoms with van der Waals surface area (Å²) in [4.78, 5) is 44.3. The summed E-state index contributed by atoms with van der Waals surface area (Å²) in [7, 11) is 4.34. The molecule has 0 bridgehead atoms. The Balaban J connectivity index is 3.43. The lowest BCUT2D eigenvalue weighted by molar-refractivity contribution is -0.137. The van der Waals surface area contributed by atoms with Gasteiger partial charge in [0.2, 0.25) is 0 Å². The van der Waals surface area contributed by atoms with Crippen molar-refractivity contribution in [3.8, 4) is 0 Å². The third-order valence-electron chi connectivity index (χ3n) is 1.88. The summed E-state index contributed by atoms with van der Waals surface area (Å²) in [6, 6.07) is 0. The van der Waals surface area contributed by atoms with Crippen molar-refractivity contribution in [2.75, 3.05) is 30.1 Å². The number of carbonyl (C=O) groups excluding carboxylic acids is 4. The molecule has 0 aliphatic rings. The van der Waals surface area contributed by atoms with Crippen LogP contribution in [-0.4, -0.2) is 52.1 Å². The van der Waals surface area contributed by atoms with E-state index in [9.17, 15) is 19.2 Å². The van der Waals surface area contributed by atoms with E-state index in [1.807, 2.05) is 0 Å². The molecule has 0 amide bonds. The number of ketones is 1. The standard InChI is InChI=1S/C12H18O5S4/c1-9(13)7-18-11(15)3-5-20-21-6-4-12(16)19-8-10(14)17-2/h3-8H2,1-2H3. The van der Waals surface area contributed by atoms with Crippen molar-refractivity contribution in [3.05, 3.63) is 0 Å². The van der Waals surface area contributed by atoms with Gasteiger partial charge < -0.3 is 4.74 Å². The fourth-order valence-electron chi connectivity index (χ4n) is 0.893. The van der Waals surface area contributed by atoms with Gasteiger partial charge in [0.15, 0.2) is 10.2 Å². The third kappa shape index (κ3) is 14.6. The van der Waals surface area contributed by atoms with Gasteiger partial charge >= 0.3 is 5.97 Å². The van der Waals surface area contributed by atoms with Crippen LogP contribution in [0.15, 0.2) is 0 Å². The first kappa shape index (κ1) is 20.9. The monoisotopic (exact) mass is 370 g/mol. The molecule has 0 aliphatic heterocycles. The smallest absolute Gasteiger partial charge is 0.316 e. The molecule has 0 saturated heterocycles. The van der Waals surface area contributed by atoms with E-state index in [0.29, 0.717) is 24.3 Å². The van der Waals surface area contributed by atoms with Crippen LogP contribution in [0.5, 0.6) is 0 Å². The zero-order valence-corrected chi connectivity index (χ0v) is 15.2. The second-order valence-electron chi connectivity index (χ2n) is 3.74. The molecule has 0 heterocycles. The third-order valence-corrected chi connectivity index (χ3v) is 6.27. The highest BCUT2D eigenvalue weighted by Crippen LogP contribution is 2.24. The average Bonchev–Trinajstić information content (AvgIpc) is 2.45. The predicted octanol–water partition coefficient (Wildman–Crippen LogP) is 2.43. The number of ether oxygens (including phenoxy) is 1. The van der Waals surface area contributed by atoms with Crippen LogP contribution < -0.4 is 0 Å². The highest BCUT2D eigenvalue weighted by atomic mass is 33.1. The molecule has 0 aromatic heterocycles. The molecule has 0 radical (unpaired) electrons. The number of carbonyl (C=O) groups is 4. The topological polar surface area (TPSA) is 77.5 Å². The van der Waals surface area contributed by atoms with Crippen LogP contribution in [0.1, 0.15) is 19.8 Å². The highest BCUT2D eigenvalue weighted by Gasteiger charge is 2.08. The molecule has 5 nitrogen and oxygen atoms in total. The molecule has 0 rings (SSSR count). The maximum Gasteiger partial charge on any atom is 0.316 e. The lowest BCUT2D eigenvalue weighted by Gasteiger charge is -2.01. The molecule has 0 fully saturated rings. The lowest BCUT2D eigenvalue weighted by atomic mass is 10.5. The quantitative estimate of drug-likeness (QED) is 0.309. The lowest BCUT2D eigenvalue weighted by Crippen LogP contribution is -2.06. The fraction of sp³-hybridized carbons (Fsp3) is 0.667. The van der Waals surface area contributed by atoms with Crippen LogP contribution in [0.25, 0.3) is 0 Å². The van der Waals surface area contributed by atoms with Gasteiger partial charge in [-0.25, -0.2) is 0 Å². The number of hydrogen-bond acceptors (Lipinski definition) is 9. The minimum atomic E-state index is -0.406. The van der Waals surface area contributed by atoms with E-state index in [2.05, 4.69) is 4.74 Å². The Labute approximate surface area is 140 Å². The first-order chi connectivity index (χ1) is 9.95. The Kier molecular flexibility index (Phi) is 13.5. The molecular formula is C12H18O5S4.